The van der Waals surface area contributed by atoms with Crippen LogP contribution in [-0.4, -0.2) is 22.9 Å². The second kappa shape index (κ2) is 12.4. The van der Waals surface area contributed by atoms with Gasteiger partial charge in [0.25, 0.3) is 0 Å². The molecule has 0 bridgehead atoms. The van der Waals surface area contributed by atoms with Gasteiger partial charge in [-0.05, 0) is 59.7 Å². The van der Waals surface area contributed by atoms with E-state index in [9.17, 15) is 19.5 Å². The van der Waals surface area contributed by atoms with E-state index in [4.69, 9.17) is 0 Å². The van der Waals surface area contributed by atoms with Gasteiger partial charge in [-0.15, -0.1) is 11.8 Å². The number of thioether (sulfide) groups is 1. The zero-order valence-corrected chi connectivity index (χ0v) is 20.5. The van der Waals surface area contributed by atoms with E-state index in [0.29, 0.717) is 11.4 Å². The molecule has 0 radical (unpaired) electrons. The standard InChI is InChI=1S/C30H24N2O4S/c33-27(19-14-21-8-3-1-4-9-21)31-24-15-17-26(18-16-24)37-28(22-10-5-2-6-11-22)29(34)32-25-13-7-12-23(20-25)30(35)36/h1-20,28H,(H,31,33)(H,32,34)(H,35,36)/b19-14+. The Labute approximate surface area is 219 Å². The Bertz CT molecular complexity index is 1400. The molecule has 0 aliphatic rings. The topological polar surface area (TPSA) is 95.5 Å². The number of nitrogens with one attached hydrogen (secondary N) is 2. The van der Waals surface area contributed by atoms with Crippen LogP contribution >= 0.6 is 11.8 Å². The number of anilines is 2. The van der Waals surface area contributed by atoms with Crippen molar-refractivity contribution in [2.75, 3.05) is 10.6 Å². The quantitative estimate of drug-likeness (QED) is 0.177. The highest BCUT2D eigenvalue weighted by Crippen LogP contribution is 2.36. The first-order chi connectivity index (χ1) is 18.0. The van der Waals surface area contributed by atoms with E-state index in [2.05, 4.69) is 10.6 Å². The Morgan fingerprint density at radius 3 is 2.08 bits per heavy atom. The van der Waals surface area contributed by atoms with E-state index in [1.54, 1.807) is 30.3 Å². The molecule has 4 aromatic rings. The summed E-state index contributed by atoms with van der Waals surface area (Å²) in [4.78, 5) is 37.6. The molecule has 0 heterocycles. The van der Waals surface area contributed by atoms with Gasteiger partial charge in [-0.1, -0.05) is 66.7 Å². The van der Waals surface area contributed by atoms with Crippen LogP contribution in [0.3, 0.4) is 0 Å². The Balaban J connectivity index is 1.45. The van der Waals surface area contributed by atoms with Gasteiger partial charge in [0.1, 0.15) is 5.25 Å². The third kappa shape index (κ3) is 7.43. The minimum Gasteiger partial charge on any atom is -0.478 e. The lowest BCUT2D eigenvalue weighted by atomic mass is 10.1. The van der Waals surface area contributed by atoms with E-state index >= 15 is 0 Å². The van der Waals surface area contributed by atoms with Crippen LogP contribution in [0.25, 0.3) is 6.08 Å². The molecule has 3 N–H and O–H groups in total. The lowest BCUT2D eigenvalue weighted by molar-refractivity contribution is -0.116. The van der Waals surface area contributed by atoms with Gasteiger partial charge in [-0.25, -0.2) is 4.79 Å². The molecule has 1 atom stereocenters. The molecule has 184 valence electrons. The highest BCUT2D eigenvalue weighted by molar-refractivity contribution is 8.00. The van der Waals surface area contributed by atoms with Crippen LogP contribution in [0.15, 0.2) is 120 Å². The van der Waals surface area contributed by atoms with Crippen molar-refractivity contribution in [3.63, 3.8) is 0 Å². The van der Waals surface area contributed by atoms with Gasteiger partial charge in [-0.3, -0.25) is 9.59 Å². The summed E-state index contributed by atoms with van der Waals surface area (Å²) in [5, 5.41) is 14.3. The van der Waals surface area contributed by atoms with Crippen molar-refractivity contribution >= 4 is 47.0 Å². The summed E-state index contributed by atoms with van der Waals surface area (Å²) in [7, 11) is 0. The Hall–Kier alpha value is -4.62. The zero-order valence-electron chi connectivity index (χ0n) is 19.7. The molecule has 0 aliphatic carbocycles. The van der Waals surface area contributed by atoms with Crippen LogP contribution < -0.4 is 10.6 Å². The van der Waals surface area contributed by atoms with Crippen molar-refractivity contribution < 1.29 is 19.5 Å². The number of carbonyl (C=O) groups is 3. The number of benzene rings is 4. The summed E-state index contributed by atoms with van der Waals surface area (Å²) in [6, 6.07) is 32.3. The Morgan fingerprint density at radius 2 is 1.41 bits per heavy atom. The van der Waals surface area contributed by atoms with Crippen LogP contribution in [0.4, 0.5) is 11.4 Å². The maximum atomic E-state index is 13.3. The van der Waals surface area contributed by atoms with Crippen LogP contribution in [0.5, 0.6) is 0 Å². The summed E-state index contributed by atoms with van der Waals surface area (Å²) in [5.41, 5.74) is 2.89. The molecule has 0 fully saturated rings. The fourth-order valence-corrected chi connectivity index (χ4v) is 4.54. The monoisotopic (exact) mass is 508 g/mol. The first-order valence-corrected chi connectivity index (χ1v) is 12.4. The van der Waals surface area contributed by atoms with E-state index in [-0.39, 0.29) is 17.4 Å². The number of amides is 2. The number of carbonyl (C=O) groups excluding carboxylic acids is 2. The first kappa shape index (κ1) is 25.5. The van der Waals surface area contributed by atoms with Gasteiger partial charge in [0.15, 0.2) is 0 Å². The average Bonchev–Trinajstić information content (AvgIpc) is 2.92. The van der Waals surface area contributed by atoms with Gasteiger partial charge in [0, 0.05) is 22.3 Å². The van der Waals surface area contributed by atoms with Gasteiger partial charge in [0.2, 0.25) is 11.8 Å². The Kier molecular flexibility index (Phi) is 8.52. The summed E-state index contributed by atoms with van der Waals surface area (Å²) in [6.07, 6.45) is 3.22. The minimum atomic E-state index is -1.06. The largest absolute Gasteiger partial charge is 0.478 e. The molecule has 0 saturated carbocycles. The van der Waals surface area contributed by atoms with Crippen LogP contribution in [-0.2, 0) is 9.59 Å². The van der Waals surface area contributed by atoms with E-state index in [1.807, 2.05) is 72.8 Å². The molecule has 37 heavy (non-hydrogen) atoms. The predicted octanol–water partition coefficient (Wildman–Crippen LogP) is 6.51. The summed E-state index contributed by atoms with van der Waals surface area (Å²) in [6.45, 7) is 0. The van der Waals surface area contributed by atoms with E-state index in [0.717, 1.165) is 16.0 Å². The van der Waals surface area contributed by atoms with Crippen LogP contribution in [0.1, 0.15) is 26.7 Å². The molecule has 0 spiro atoms. The van der Waals surface area contributed by atoms with E-state index in [1.165, 1.54) is 30.0 Å². The minimum absolute atomic E-state index is 0.0953. The second-order valence-corrected chi connectivity index (χ2v) is 9.22. The summed E-state index contributed by atoms with van der Waals surface area (Å²) >= 11 is 1.36. The highest BCUT2D eigenvalue weighted by atomic mass is 32.2. The zero-order chi connectivity index (χ0) is 26.0. The third-order valence-electron chi connectivity index (χ3n) is 5.32. The molecule has 2 amide bonds. The lowest BCUT2D eigenvalue weighted by Gasteiger charge is -2.17. The molecule has 1 unspecified atom stereocenters. The molecule has 4 aromatic carbocycles. The Morgan fingerprint density at radius 1 is 0.730 bits per heavy atom. The van der Waals surface area contributed by atoms with Gasteiger partial charge >= 0.3 is 5.97 Å². The summed E-state index contributed by atoms with van der Waals surface area (Å²) in [5.74, 6) is -1.58. The third-order valence-corrected chi connectivity index (χ3v) is 6.59. The normalized spacial score (nSPS) is 11.6. The van der Waals surface area contributed by atoms with Gasteiger partial charge < -0.3 is 15.7 Å². The average molecular weight is 509 g/mol. The number of carboxylic acids is 1. The number of rotatable bonds is 9. The molecule has 0 saturated heterocycles. The highest BCUT2D eigenvalue weighted by Gasteiger charge is 2.22. The molecule has 0 aliphatic heterocycles. The molecular formula is C30H24N2O4S. The maximum Gasteiger partial charge on any atom is 0.335 e. The van der Waals surface area contributed by atoms with Gasteiger partial charge in [0.05, 0.1) is 5.56 Å². The number of carboxylic acid groups (broad SMARTS) is 1. The maximum absolute atomic E-state index is 13.3. The second-order valence-electron chi connectivity index (χ2n) is 8.04. The fraction of sp³-hybridized carbons (Fsp3) is 0.0333. The SMILES string of the molecule is O=C(/C=C/c1ccccc1)Nc1ccc(SC(C(=O)Nc2cccc(C(=O)O)c2)c2ccccc2)cc1. The van der Waals surface area contributed by atoms with Crippen molar-refractivity contribution in [2.45, 2.75) is 10.1 Å². The molecule has 4 rings (SSSR count). The fourth-order valence-electron chi connectivity index (χ4n) is 3.51. The molecule has 0 aromatic heterocycles. The van der Waals surface area contributed by atoms with Crippen LogP contribution in [0, 0.1) is 0 Å². The number of hydrogen-bond donors (Lipinski definition) is 3. The molecular weight excluding hydrogens is 484 g/mol. The number of aromatic carboxylic acids is 1. The van der Waals surface area contributed by atoms with Crippen molar-refractivity contribution in [1.82, 2.24) is 0 Å². The summed E-state index contributed by atoms with van der Waals surface area (Å²) < 4.78 is 0. The van der Waals surface area contributed by atoms with E-state index < -0.39 is 11.2 Å². The van der Waals surface area contributed by atoms with Gasteiger partial charge in [-0.2, -0.15) is 0 Å². The van der Waals surface area contributed by atoms with Crippen LogP contribution in [0.2, 0.25) is 0 Å². The van der Waals surface area contributed by atoms with Crippen molar-refractivity contribution in [2.24, 2.45) is 0 Å². The molecule has 6 nitrogen and oxygen atoms in total. The van der Waals surface area contributed by atoms with Crippen molar-refractivity contribution in [1.29, 1.82) is 0 Å². The predicted molar refractivity (Wildman–Crippen MR) is 148 cm³/mol. The smallest absolute Gasteiger partial charge is 0.335 e. The van der Waals surface area contributed by atoms with Crippen molar-refractivity contribution in [3.8, 4) is 0 Å². The van der Waals surface area contributed by atoms with Crippen molar-refractivity contribution in [3.05, 3.63) is 132 Å². The molecule has 7 heteroatoms. The lowest BCUT2D eigenvalue weighted by Crippen LogP contribution is -2.19. The number of hydrogen-bond acceptors (Lipinski definition) is 4. The first-order valence-electron chi connectivity index (χ1n) is 11.5.